The SMILES string of the molecule is C=CC(=O)OC(CCC[SiH2]O[Si](C)(C)C)C(O)CO. The first kappa shape index (κ1) is 18.5. The predicted molar refractivity (Wildman–Crippen MR) is 80.2 cm³/mol. The molecule has 0 fully saturated rings. The van der Waals surface area contributed by atoms with Gasteiger partial charge in [0.2, 0.25) is 0 Å². The molecule has 0 saturated carbocycles. The van der Waals surface area contributed by atoms with Crippen LogP contribution in [0.5, 0.6) is 0 Å². The van der Waals surface area contributed by atoms with Gasteiger partial charge in [-0.1, -0.05) is 13.0 Å². The van der Waals surface area contributed by atoms with Crippen molar-refractivity contribution in [2.24, 2.45) is 0 Å². The third-order valence-corrected chi connectivity index (χ3v) is 7.54. The minimum atomic E-state index is -1.42. The molecule has 0 radical (unpaired) electrons. The van der Waals surface area contributed by atoms with Gasteiger partial charge < -0.3 is 19.1 Å². The number of rotatable bonds is 10. The van der Waals surface area contributed by atoms with Crippen molar-refractivity contribution in [3.8, 4) is 0 Å². The molecule has 0 rings (SSSR count). The summed E-state index contributed by atoms with van der Waals surface area (Å²) in [4.78, 5) is 11.1. The van der Waals surface area contributed by atoms with Crippen LogP contribution in [0.2, 0.25) is 25.7 Å². The van der Waals surface area contributed by atoms with Gasteiger partial charge in [-0.05, 0) is 32.1 Å². The normalized spacial score (nSPS) is 15.4. The topological polar surface area (TPSA) is 76.0 Å². The maximum atomic E-state index is 11.1. The molecular formula is C12H26O5Si2. The fraction of sp³-hybridized carbons (Fsp3) is 0.750. The van der Waals surface area contributed by atoms with Crippen LogP contribution in [-0.4, -0.2) is 53.1 Å². The average molecular weight is 307 g/mol. The number of esters is 1. The molecule has 0 saturated heterocycles. The van der Waals surface area contributed by atoms with Crippen LogP contribution in [0.4, 0.5) is 0 Å². The van der Waals surface area contributed by atoms with Crippen LogP contribution in [-0.2, 0) is 13.6 Å². The highest BCUT2D eigenvalue weighted by molar-refractivity contribution is 6.73. The van der Waals surface area contributed by atoms with E-state index in [1.165, 1.54) is 0 Å². The van der Waals surface area contributed by atoms with Crippen LogP contribution in [0, 0.1) is 0 Å². The van der Waals surface area contributed by atoms with E-state index in [1.807, 2.05) is 0 Å². The maximum Gasteiger partial charge on any atom is 0.330 e. The Balaban J connectivity index is 3.99. The molecule has 2 N–H and O–H groups in total. The number of hydrogen-bond donors (Lipinski definition) is 2. The lowest BCUT2D eigenvalue weighted by atomic mass is 10.1. The van der Waals surface area contributed by atoms with E-state index >= 15 is 0 Å². The standard InChI is InChI=1S/C12H26O5Si2/c1-5-12(15)16-11(10(14)9-13)7-6-8-18-17-19(2,3)4/h5,10-11,13-14H,1,6-9,18H2,2-4H3. The predicted octanol–water partition coefficient (Wildman–Crippen LogP) is 0.571. The van der Waals surface area contributed by atoms with Crippen molar-refractivity contribution in [3.05, 3.63) is 12.7 Å². The van der Waals surface area contributed by atoms with E-state index in [-0.39, 0.29) is 0 Å². The molecule has 2 atom stereocenters. The van der Waals surface area contributed by atoms with Gasteiger partial charge in [0, 0.05) is 6.08 Å². The fourth-order valence-corrected chi connectivity index (χ4v) is 4.99. The molecule has 5 nitrogen and oxygen atoms in total. The third kappa shape index (κ3) is 10.0. The van der Waals surface area contributed by atoms with E-state index in [0.717, 1.165) is 18.5 Å². The highest BCUT2D eigenvalue weighted by Gasteiger charge is 2.21. The molecule has 0 aliphatic rings. The second-order valence-corrected chi connectivity index (χ2v) is 11.9. The van der Waals surface area contributed by atoms with Gasteiger partial charge in [0.25, 0.3) is 0 Å². The summed E-state index contributed by atoms with van der Waals surface area (Å²) in [5, 5.41) is 18.5. The summed E-state index contributed by atoms with van der Waals surface area (Å²) in [5.41, 5.74) is 0. The Hall–Kier alpha value is -0.476. The molecule has 19 heavy (non-hydrogen) atoms. The summed E-state index contributed by atoms with van der Waals surface area (Å²) >= 11 is 0. The second-order valence-electron chi connectivity index (χ2n) is 5.39. The molecule has 0 aromatic carbocycles. The van der Waals surface area contributed by atoms with Crippen molar-refractivity contribution >= 4 is 24.0 Å². The Labute approximate surface area is 118 Å². The minimum absolute atomic E-state index is 0.419. The maximum absolute atomic E-state index is 11.1. The van der Waals surface area contributed by atoms with Crippen molar-refractivity contribution in [2.75, 3.05) is 6.61 Å². The van der Waals surface area contributed by atoms with E-state index in [2.05, 4.69) is 26.2 Å². The number of ether oxygens (including phenoxy) is 1. The summed E-state index contributed by atoms with van der Waals surface area (Å²) in [5.74, 6) is -0.576. The number of aliphatic hydroxyl groups excluding tert-OH is 2. The Morgan fingerprint density at radius 3 is 2.58 bits per heavy atom. The lowest BCUT2D eigenvalue weighted by molar-refractivity contribution is -0.151. The molecule has 0 spiro atoms. The quantitative estimate of drug-likeness (QED) is 0.267. The molecule has 0 aromatic rings. The molecule has 0 aliphatic carbocycles. The smallest absolute Gasteiger partial charge is 0.330 e. The highest BCUT2D eigenvalue weighted by atomic mass is 28.4. The number of aliphatic hydroxyl groups is 2. The zero-order chi connectivity index (χ0) is 14.9. The van der Waals surface area contributed by atoms with Gasteiger partial charge in [0.15, 0.2) is 8.32 Å². The zero-order valence-electron chi connectivity index (χ0n) is 12.1. The third-order valence-electron chi connectivity index (χ3n) is 2.47. The molecule has 0 heterocycles. The van der Waals surface area contributed by atoms with Gasteiger partial charge in [-0.3, -0.25) is 0 Å². The first-order chi connectivity index (χ1) is 8.80. The van der Waals surface area contributed by atoms with Gasteiger partial charge in [-0.25, -0.2) is 4.79 Å². The molecule has 2 unspecified atom stereocenters. The summed E-state index contributed by atoms with van der Waals surface area (Å²) in [6.45, 7) is 9.36. The fourth-order valence-electron chi connectivity index (χ4n) is 1.47. The Kier molecular flexibility index (Phi) is 9.19. The number of carbonyl (C=O) groups excluding carboxylic acids is 1. The molecule has 0 aliphatic heterocycles. The van der Waals surface area contributed by atoms with Crippen molar-refractivity contribution in [1.82, 2.24) is 0 Å². The van der Waals surface area contributed by atoms with E-state index in [0.29, 0.717) is 6.42 Å². The Morgan fingerprint density at radius 2 is 2.11 bits per heavy atom. The van der Waals surface area contributed by atoms with Crippen LogP contribution >= 0.6 is 0 Å². The highest BCUT2D eigenvalue weighted by Crippen LogP contribution is 2.11. The summed E-state index contributed by atoms with van der Waals surface area (Å²) in [6, 6.07) is 0.977. The zero-order valence-corrected chi connectivity index (χ0v) is 14.5. The molecule has 0 bridgehead atoms. The number of hydrogen-bond acceptors (Lipinski definition) is 5. The van der Waals surface area contributed by atoms with Gasteiger partial charge in [0.1, 0.15) is 22.0 Å². The van der Waals surface area contributed by atoms with E-state index < -0.39 is 42.9 Å². The van der Waals surface area contributed by atoms with Gasteiger partial charge in [-0.15, -0.1) is 0 Å². The number of carbonyl (C=O) groups is 1. The van der Waals surface area contributed by atoms with Crippen molar-refractivity contribution in [1.29, 1.82) is 0 Å². The Morgan fingerprint density at radius 1 is 1.47 bits per heavy atom. The summed E-state index contributed by atoms with van der Waals surface area (Å²) < 4.78 is 10.9. The van der Waals surface area contributed by atoms with E-state index in [1.54, 1.807) is 0 Å². The average Bonchev–Trinajstić information content (AvgIpc) is 2.34. The Bertz CT molecular complexity index is 278. The molecule has 7 heteroatoms. The van der Waals surface area contributed by atoms with Gasteiger partial charge in [-0.2, -0.15) is 0 Å². The van der Waals surface area contributed by atoms with Crippen LogP contribution in [0.15, 0.2) is 12.7 Å². The van der Waals surface area contributed by atoms with Gasteiger partial charge >= 0.3 is 5.97 Å². The first-order valence-electron chi connectivity index (χ1n) is 6.56. The molecule has 112 valence electrons. The molecule has 0 amide bonds. The van der Waals surface area contributed by atoms with E-state index in [9.17, 15) is 9.90 Å². The lowest BCUT2D eigenvalue weighted by Gasteiger charge is -2.21. The van der Waals surface area contributed by atoms with Crippen molar-refractivity contribution in [2.45, 2.75) is 50.7 Å². The van der Waals surface area contributed by atoms with Crippen LogP contribution in [0.25, 0.3) is 0 Å². The second kappa shape index (κ2) is 9.43. The van der Waals surface area contributed by atoms with Crippen LogP contribution in [0.1, 0.15) is 12.8 Å². The van der Waals surface area contributed by atoms with Crippen LogP contribution in [0.3, 0.4) is 0 Å². The largest absolute Gasteiger partial charge is 0.461 e. The van der Waals surface area contributed by atoms with Crippen LogP contribution < -0.4 is 0 Å². The van der Waals surface area contributed by atoms with Crippen molar-refractivity contribution in [3.63, 3.8) is 0 Å². The molecule has 0 aromatic heterocycles. The van der Waals surface area contributed by atoms with E-state index in [4.69, 9.17) is 14.0 Å². The van der Waals surface area contributed by atoms with Gasteiger partial charge in [0.05, 0.1) is 6.61 Å². The lowest BCUT2D eigenvalue weighted by Crippen LogP contribution is -2.33. The summed E-state index contributed by atoms with van der Waals surface area (Å²) in [7, 11) is -1.96. The summed E-state index contributed by atoms with van der Waals surface area (Å²) in [6.07, 6.45) is 0.701. The monoisotopic (exact) mass is 306 g/mol. The minimum Gasteiger partial charge on any atom is -0.461 e. The first-order valence-corrected chi connectivity index (χ1v) is 11.5. The van der Waals surface area contributed by atoms with Crippen molar-refractivity contribution < 1.29 is 23.9 Å². The molecular weight excluding hydrogens is 280 g/mol.